The molecule has 0 spiro atoms. The van der Waals surface area contributed by atoms with E-state index in [-0.39, 0.29) is 30.9 Å². The van der Waals surface area contributed by atoms with Crippen LogP contribution in [0, 0.1) is 11.8 Å². The molecule has 2 fully saturated rings. The van der Waals surface area contributed by atoms with Gasteiger partial charge in [0.2, 0.25) is 0 Å². The van der Waals surface area contributed by atoms with E-state index in [1.54, 1.807) is 0 Å². The summed E-state index contributed by atoms with van der Waals surface area (Å²) in [5.41, 5.74) is 0. The van der Waals surface area contributed by atoms with Crippen molar-refractivity contribution in [3.05, 3.63) is 0 Å². The highest BCUT2D eigenvalue weighted by Gasteiger charge is 2.10. The second kappa shape index (κ2) is 9.99. The minimum Gasteiger partial charge on any atom is -0.363 e. The third kappa shape index (κ3) is 6.49. The van der Waals surface area contributed by atoms with E-state index in [9.17, 15) is 0 Å². The maximum Gasteiger partial charge on any atom is 0.130 e. The standard InChI is InChI=1S/C12H20N2O.2ClH/c1-2-7-14(8-3-1)9-4-5-12-11-13-6-10-15-12;;/h12-13H,1-3,6-11H2;2*1H. The monoisotopic (exact) mass is 280 g/mol. The summed E-state index contributed by atoms with van der Waals surface area (Å²) in [4.78, 5) is 2.44. The van der Waals surface area contributed by atoms with Gasteiger partial charge in [0.1, 0.15) is 6.10 Å². The Balaban J connectivity index is 0.00000128. The number of ether oxygens (including phenoxy) is 1. The average molecular weight is 281 g/mol. The summed E-state index contributed by atoms with van der Waals surface area (Å²) < 4.78 is 5.51. The second-order valence-electron chi connectivity index (χ2n) is 4.22. The predicted molar refractivity (Wildman–Crippen MR) is 75.2 cm³/mol. The number of hydrogen-bond donors (Lipinski definition) is 1. The van der Waals surface area contributed by atoms with Crippen LogP contribution in [0.3, 0.4) is 0 Å². The molecule has 5 heteroatoms. The third-order valence-corrected chi connectivity index (χ3v) is 2.94. The Kier molecular flexibility index (Phi) is 10.0. The Morgan fingerprint density at radius 3 is 2.59 bits per heavy atom. The zero-order valence-electron chi connectivity index (χ0n) is 10.1. The van der Waals surface area contributed by atoms with E-state index in [2.05, 4.69) is 22.1 Å². The molecule has 3 nitrogen and oxygen atoms in total. The molecule has 2 heterocycles. The van der Waals surface area contributed by atoms with Crippen LogP contribution in [-0.4, -0.2) is 50.3 Å². The summed E-state index contributed by atoms with van der Waals surface area (Å²) in [7, 11) is 0. The van der Waals surface area contributed by atoms with Gasteiger partial charge in [0.05, 0.1) is 13.2 Å². The molecule has 0 aromatic heterocycles. The maximum atomic E-state index is 5.51. The number of likely N-dealkylation sites (tertiary alicyclic amines) is 1. The van der Waals surface area contributed by atoms with Crippen LogP contribution in [0.5, 0.6) is 0 Å². The van der Waals surface area contributed by atoms with Crippen molar-refractivity contribution in [3.63, 3.8) is 0 Å². The number of rotatable bonds is 1. The summed E-state index contributed by atoms with van der Waals surface area (Å²) in [6.45, 7) is 6.00. The Labute approximate surface area is 116 Å². The highest BCUT2D eigenvalue weighted by molar-refractivity contribution is 5.85. The lowest BCUT2D eigenvalue weighted by molar-refractivity contribution is 0.0650. The summed E-state index contributed by atoms with van der Waals surface area (Å²) in [6.07, 6.45) is 4.18. The molecule has 2 aliphatic rings. The number of morpholine rings is 1. The number of nitrogens with zero attached hydrogens (tertiary/aromatic N) is 1. The average Bonchev–Trinajstić information content (AvgIpc) is 2.32. The summed E-state index contributed by atoms with van der Waals surface area (Å²) in [5.74, 6) is 6.43. The fourth-order valence-corrected chi connectivity index (χ4v) is 2.05. The van der Waals surface area contributed by atoms with E-state index in [4.69, 9.17) is 4.74 Å². The van der Waals surface area contributed by atoms with Gasteiger partial charge in [0.15, 0.2) is 0 Å². The lowest BCUT2D eigenvalue weighted by Crippen LogP contribution is -2.37. The summed E-state index contributed by atoms with van der Waals surface area (Å²) in [6, 6.07) is 0. The Hall–Kier alpha value is 0.0200. The molecule has 0 aromatic carbocycles. The Morgan fingerprint density at radius 1 is 1.18 bits per heavy atom. The van der Waals surface area contributed by atoms with E-state index in [1.807, 2.05) is 0 Å². The van der Waals surface area contributed by atoms with Crippen molar-refractivity contribution in [1.29, 1.82) is 0 Å². The lowest BCUT2D eigenvalue weighted by atomic mass is 10.1. The summed E-state index contributed by atoms with van der Waals surface area (Å²) >= 11 is 0. The lowest BCUT2D eigenvalue weighted by Gasteiger charge is -2.24. The molecular weight excluding hydrogens is 259 g/mol. The van der Waals surface area contributed by atoms with Crippen LogP contribution in [0.25, 0.3) is 0 Å². The van der Waals surface area contributed by atoms with Crippen LogP contribution in [0.4, 0.5) is 0 Å². The van der Waals surface area contributed by atoms with E-state index in [0.29, 0.717) is 0 Å². The highest BCUT2D eigenvalue weighted by Crippen LogP contribution is 2.07. The molecule has 0 saturated carbocycles. The minimum absolute atomic E-state index is 0. The van der Waals surface area contributed by atoms with Crippen molar-refractivity contribution in [2.75, 3.05) is 39.3 Å². The number of hydrogen-bond acceptors (Lipinski definition) is 3. The largest absolute Gasteiger partial charge is 0.363 e. The van der Waals surface area contributed by atoms with Gasteiger partial charge in [-0.1, -0.05) is 18.3 Å². The fourth-order valence-electron chi connectivity index (χ4n) is 2.05. The molecule has 100 valence electrons. The van der Waals surface area contributed by atoms with Crippen LogP contribution in [0.15, 0.2) is 0 Å². The van der Waals surface area contributed by atoms with Gasteiger partial charge in [-0.05, 0) is 25.9 Å². The van der Waals surface area contributed by atoms with E-state index in [0.717, 1.165) is 26.2 Å². The third-order valence-electron chi connectivity index (χ3n) is 2.94. The number of nitrogens with one attached hydrogen (secondary N) is 1. The van der Waals surface area contributed by atoms with Gasteiger partial charge < -0.3 is 10.1 Å². The fraction of sp³-hybridized carbons (Fsp3) is 0.833. The van der Waals surface area contributed by atoms with Crippen LogP contribution in [-0.2, 0) is 4.74 Å². The van der Waals surface area contributed by atoms with Crippen LogP contribution < -0.4 is 5.32 Å². The van der Waals surface area contributed by atoms with Crippen LogP contribution in [0.2, 0.25) is 0 Å². The van der Waals surface area contributed by atoms with Gasteiger partial charge >= 0.3 is 0 Å². The van der Waals surface area contributed by atoms with Crippen molar-refractivity contribution in [2.45, 2.75) is 25.4 Å². The van der Waals surface area contributed by atoms with Gasteiger partial charge in [-0.15, -0.1) is 24.8 Å². The van der Waals surface area contributed by atoms with Crippen molar-refractivity contribution in [3.8, 4) is 11.8 Å². The molecule has 0 aliphatic carbocycles. The van der Waals surface area contributed by atoms with Gasteiger partial charge in [0, 0.05) is 13.1 Å². The SMILES string of the molecule is C(#CC1CNCCO1)CN1CCCCC1.Cl.Cl. The minimum atomic E-state index is 0. The first-order chi connectivity index (χ1) is 7.45. The first-order valence-electron chi connectivity index (χ1n) is 5.98. The van der Waals surface area contributed by atoms with E-state index < -0.39 is 0 Å². The molecular formula is C12H22Cl2N2O. The molecule has 2 rings (SSSR count). The quantitative estimate of drug-likeness (QED) is 0.733. The van der Waals surface area contributed by atoms with Gasteiger partial charge in [-0.25, -0.2) is 0 Å². The molecule has 17 heavy (non-hydrogen) atoms. The molecule has 2 aliphatic heterocycles. The number of piperidine rings is 1. The van der Waals surface area contributed by atoms with E-state index in [1.165, 1.54) is 32.4 Å². The van der Waals surface area contributed by atoms with Gasteiger partial charge in [-0.2, -0.15) is 0 Å². The first kappa shape index (κ1) is 17.0. The normalized spacial score (nSPS) is 24.8. The maximum absolute atomic E-state index is 5.51. The van der Waals surface area contributed by atoms with E-state index >= 15 is 0 Å². The molecule has 0 bridgehead atoms. The van der Waals surface area contributed by atoms with Crippen molar-refractivity contribution in [2.24, 2.45) is 0 Å². The van der Waals surface area contributed by atoms with Crippen molar-refractivity contribution < 1.29 is 4.74 Å². The highest BCUT2D eigenvalue weighted by atomic mass is 35.5. The zero-order valence-corrected chi connectivity index (χ0v) is 11.7. The molecule has 1 atom stereocenters. The molecule has 2 saturated heterocycles. The van der Waals surface area contributed by atoms with Crippen LogP contribution >= 0.6 is 24.8 Å². The van der Waals surface area contributed by atoms with Crippen molar-refractivity contribution in [1.82, 2.24) is 10.2 Å². The second-order valence-corrected chi connectivity index (χ2v) is 4.22. The zero-order chi connectivity index (χ0) is 10.3. The predicted octanol–water partition coefficient (Wildman–Crippen LogP) is 1.31. The molecule has 0 amide bonds. The Morgan fingerprint density at radius 2 is 1.94 bits per heavy atom. The smallest absolute Gasteiger partial charge is 0.130 e. The van der Waals surface area contributed by atoms with Gasteiger partial charge in [0.25, 0.3) is 0 Å². The Bertz CT molecular complexity index is 241. The first-order valence-corrected chi connectivity index (χ1v) is 5.98. The van der Waals surface area contributed by atoms with Gasteiger partial charge in [-0.3, -0.25) is 4.90 Å². The molecule has 0 radical (unpaired) electrons. The van der Waals surface area contributed by atoms with Crippen molar-refractivity contribution >= 4 is 24.8 Å². The number of halogens is 2. The summed E-state index contributed by atoms with van der Waals surface area (Å²) in [5, 5.41) is 3.28. The molecule has 1 N–H and O–H groups in total. The molecule has 0 aromatic rings. The topological polar surface area (TPSA) is 24.5 Å². The molecule has 1 unspecified atom stereocenters. The van der Waals surface area contributed by atoms with Crippen LogP contribution in [0.1, 0.15) is 19.3 Å².